The van der Waals surface area contributed by atoms with Crippen LogP contribution in [0, 0.1) is 5.41 Å². The average Bonchev–Trinajstić information content (AvgIpc) is 2.86. The minimum absolute atomic E-state index is 0.0858. The van der Waals surface area contributed by atoms with Crippen molar-refractivity contribution >= 4 is 12.0 Å². The lowest BCUT2D eigenvalue weighted by molar-refractivity contribution is -0.148. The summed E-state index contributed by atoms with van der Waals surface area (Å²) in [4.78, 5) is 24.8. The van der Waals surface area contributed by atoms with Crippen LogP contribution in [-0.4, -0.2) is 53.4 Å². The molecule has 0 unspecified atom stereocenters. The lowest BCUT2D eigenvalue weighted by Gasteiger charge is -2.27. The molecule has 0 aromatic heterocycles. The molecule has 1 aliphatic carbocycles. The van der Waals surface area contributed by atoms with Gasteiger partial charge in [0.25, 0.3) is 0 Å². The van der Waals surface area contributed by atoms with E-state index in [1.165, 1.54) is 4.90 Å². The average molecular weight is 272 g/mol. The zero-order chi connectivity index (χ0) is 14.3. The molecule has 0 aromatic carbocycles. The lowest BCUT2D eigenvalue weighted by Crippen LogP contribution is -2.47. The van der Waals surface area contributed by atoms with Crippen molar-refractivity contribution in [2.75, 3.05) is 26.2 Å². The number of aliphatic hydroxyl groups excluding tert-OH is 1. The molecule has 1 rings (SSSR count). The van der Waals surface area contributed by atoms with Crippen LogP contribution < -0.4 is 5.32 Å². The summed E-state index contributed by atoms with van der Waals surface area (Å²) < 4.78 is 0. The largest absolute Gasteiger partial charge is 0.481 e. The van der Waals surface area contributed by atoms with Crippen LogP contribution in [0.3, 0.4) is 0 Å². The number of carboxylic acid groups (broad SMARTS) is 1. The van der Waals surface area contributed by atoms with Gasteiger partial charge in [-0.3, -0.25) is 4.79 Å². The summed E-state index contributed by atoms with van der Waals surface area (Å²) in [5.41, 5.74) is -0.799. The van der Waals surface area contributed by atoms with Gasteiger partial charge in [-0.1, -0.05) is 19.8 Å². The lowest BCUT2D eigenvalue weighted by atomic mass is 9.86. The van der Waals surface area contributed by atoms with Gasteiger partial charge in [0.1, 0.15) is 0 Å². The fourth-order valence-corrected chi connectivity index (χ4v) is 2.58. The van der Waals surface area contributed by atoms with E-state index in [1.54, 1.807) is 0 Å². The molecule has 0 aromatic rings. The van der Waals surface area contributed by atoms with Crippen molar-refractivity contribution in [1.29, 1.82) is 0 Å². The molecule has 0 aliphatic heterocycles. The Morgan fingerprint density at radius 2 is 1.89 bits per heavy atom. The molecule has 6 nitrogen and oxygen atoms in total. The zero-order valence-corrected chi connectivity index (χ0v) is 11.5. The van der Waals surface area contributed by atoms with Gasteiger partial charge in [0.05, 0.1) is 12.0 Å². The first-order valence-corrected chi connectivity index (χ1v) is 6.93. The van der Waals surface area contributed by atoms with Gasteiger partial charge < -0.3 is 20.4 Å². The Bertz CT molecular complexity index is 308. The zero-order valence-electron chi connectivity index (χ0n) is 11.5. The number of aliphatic hydroxyl groups is 1. The molecule has 1 saturated carbocycles. The molecule has 0 radical (unpaired) electrons. The second kappa shape index (κ2) is 7.33. The number of carbonyl (C=O) groups excluding carboxylic acids is 1. The number of hydrogen-bond donors (Lipinski definition) is 3. The standard InChI is InChI=1S/C13H24N2O4/c1-2-7-15(8-9-16)12(19)14-10-13(11(17)18)5-3-4-6-13/h16H,2-10H2,1H3,(H,14,19)(H,17,18). The van der Waals surface area contributed by atoms with E-state index in [1.807, 2.05) is 6.92 Å². The molecule has 3 N–H and O–H groups in total. The summed E-state index contributed by atoms with van der Waals surface area (Å²) in [5.74, 6) is -0.825. The van der Waals surface area contributed by atoms with E-state index in [4.69, 9.17) is 5.11 Å². The van der Waals surface area contributed by atoms with Gasteiger partial charge >= 0.3 is 12.0 Å². The first-order chi connectivity index (χ1) is 9.05. The second-order valence-electron chi connectivity index (χ2n) is 5.16. The molecule has 0 heterocycles. The normalized spacial score (nSPS) is 17.2. The quantitative estimate of drug-likeness (QED) is 0.646. The maximum atomic E-state index is 12.0. The van der Waals surface area contributed by atoms with Crippen LogP contribution >= 0.6 is 0 Å². The van der Waals surface area contributed by atoms with Crippen molar-refractivity contribution < 1.29 is 19.8 Å². The van der Waals surface area contributed by atoms with Crippen molar-refractivity contribution in [3.05, 3.63) is 0 Å². The van der Waals surface area contributed by atoms with Crippen LogP contribution in [0.1, 0.15) is 39.0 Å². The third-order valence-electron chi connectivity index (χ3n) is 3.74. The van der Waals surface area contributed by atoms with Crippen molar-refractivity contribution in [2.24, 2.45) is 5.41 Å². The first kappa shape index (κ1) is 15.8. The Labute approximate surface area is 113 Å². The van der Waals surface area contributed by atoms with Crippen molar-refractivity contribution in [1.82, 2.24) is 10.2 Å². The number of carbonyl (C=O) groups is 2. The van der Waals surface area contributed by atoms with Gasteiger partial charge in [0.2, 0.25) is 0 Å². The molecule has 0 atom stereocenters. The molecule has 0 saturated heterocycles. The molecule has 6 heteroatoms. The highest BCUT2D eigenvalue weighted by Crippen LogP contribution is 2.37. The van der Waals surface area contributed by atoms with Gasteiger partial charge in [0, 0.05) is 19.6 Å². The highest BCUT2D eigenvalue weighted by molar-refractivity contribution is 5.78. The van der Waals surface area contributed by atoms with Gasteiger partial charge in [-0.2, -0.15) is 0 Å². The maximum absolute atomic E-state index is 12.0. The van der Waals surface area contributed by atoms with E-state index in [9.17, 15) is 14.7 Å². The highest BCUT2D eigenvalue weighted by Gasteiger charge is 2.41. The number of nitrogens with zero attached hydrogens (tertiary/aromatic N) is 1. The van der Waals surface area contributed by atoms with Crippen LogP contribution in [0.25, 0.3) is 0 Å². The first-order valence-electron chi connectivity index (χ1n) is 6.93. The Morgan fingerprint density at radius 3 is 2.37 bits per heavy atom. The minimum atomic E-state index is -0.825. The van der Waals surface area contributed by atoms with Crippen molar-refractivity contribution in [3.63, 3.8) is 0 Å². The van der Waals surface area contributed by atoms with E-state index in [0.29, 0.717) is 19.4 Å². The number of nitrogens with one attached hydrogen (secondary N) is 1. The van der Waals surface area contributed by atoms with Gasteiger partial charge in [-0.05, 0) is 19.3 Å². The smallest absolute Gasteiger partial charge is 0.317 e. The molecule has 0 spiro atoms. The SMILES string of the molecule is CCCN(CCO)C(=O)NCC1(C(=O)O)CCCC1. The number of rotatable bonds is 7. The van der Waals surface area contributed by atoms with E-state index in [-0.39, 0.29) is 25.7 Å². The Morgan fingerprint density at radius 1 is 1.26 bits per heavy atom. The minimum Gasteiger partial charge on any atom is -0.481 e. The number of amides is 2. The van der Waals surface area contributed by atoms with Crippen LogP contribution in [-0.2, 0) is 4.79 Å². The van der Waals surface area contributed by atoms with E-state index >= 15 is 0 Å². The van der Waals surface area contributed by atoms with Crippen LogP contribution in [0.5, 0.6) is 0 Å². The maximum Gasteiger partial charge on any atom is 0.317 e. The fraction of sp³-hybridized carbons (Fsp3) is 0.846. The summed E-state index contributed by atoms with van der Waals surface area (Å²) >= 11 is 0. The molecule has 2 amide bonds. The molecular weight excluding hydrogens is 248 g/mol. The monoisotopic (exact) mass is 272 g/mol. The van der Waals surface area contributed by atoms with E-state index < -0.39 is 11.4 Å². The number of carboxylic acids is 1. The third-order valence-corrected chi connectivity index (χ3v) is 3.74. The molecular formula is C13H24N2O4. The van der Waals surface area contributed by atoms with Crippen molar-refractivity contribution in [2.45, 2.75) is 39.0 Å². The summed E-state index contributed by atoms with van der Waals surface area (Å²) in [7, 11) is 0. The number of hydrogen-bond acceptors (Lipinski definition) is 3. The topological polar surface area (TPSA) is 89.9 Å². The van der Waals surface area contributed by atoms with Crippen LogP contribution in [0.15, 0.2) is 0 Å². The molecule has 0 bridgehead atoms. The Hall–Kier alpha value is -1.30. The highest BCUT2D eigenvalue weighted by atomic mass is 16.4. The summed E-state index contributed by atoms with van der Waals surface area (Å²) in [6.45, 7) is 2.88. The summed E-state index contributed by atoms with van der Waals surface area (Å²) in [6, 6.07) is -0.288. The Balaban J connectivity index is 2.53. The van der Waals surface area contributed by atoms with E-state index in [0.717, 1.165) is 19.3 Å². The van der Waals surface area contributed by atoms with E-state index in [2.05, 4.69) is 5.32 Å². The second-order valence-corrected chi connectivity index (χ2v) is 5.16. The van der Waals surface area contributed by atoms with Gasteiger partial charge in [0.15, 0.2) is 0 Å². The number of urea groups is 1. The van der Waals surface area contributed by atoms with Gasteiger partial charge in [-0.25, -0.2) is 4.79 Å². The fourth-order valence-electron chi connectivity index (χ4n) is 2.58. The predicted molar refractivity (Wildman–Crippen MR) is 70.9 cm³/mol. The summed E-state index contributed by atoms with van der Waals surface area (Å²) in [5, 5.41) is 20.9. The molecule has 1 fully saturated rings. The van der Waals surface area contributed by atoms with Gasteiger partial charge in [-0.15, -0.1) is 0 Å². The molecule has 19 heavy (non-hydrogen) atoms. The van der Waals surface area contributed by atoms with Crippen molar-refractivity contribution in [3.8, 4) is 0 Å². The molecule has 110 valence electrons. The van der Waals surface area contributed by atoms with Crippen LogP contribution in [0.4, 0.5) is 4.79 Å². The molecule has 1 aliphatic rings. The van der Waals surface area contributed by atoms with Crippen LogP contribution in [0.2, 0.25) is 0 Å². The number of aliphatic carboxylic acids is 1. The summed E-state index contributed by atoms with van der Waals surface area (Å²) in [6.07, 6.45) is 3.85. The predicted octanol–water partition coefficient (Wildman–Crippen LogP) is 1.05. The Kier molecular flexibility index (Phi) is 6.08. The third kappa shape index (κ3) is 4.09.